The summed E-state index contributed by atoms with van der Waals surface area (Å²) in [6.07, 6.45) is 1.27. The molecule has 2 N–H and O–H groups in total. The minimum Gasteiger partial charge on any atom is -0.465 e. The number of aliphatic imine (C=N–C) groups is 1. The van der Waals surface area contributed by atoms with Crippen molar-refractivity contribution in [3.8, 4) is 0 Å². The first kappa shape index (κ1) is 28.8. The van der Waals surface area contributed by atoms with Gasteiger partial charge in [0, 0.05) is 39.5 Å². The molecule has 214 valence electrons. The number of rotatable bonds is 6. The van der Waals surface area contributed by atoms with Gasteiger partial charge in [0.15, 0.2) is 6.04 Å². The number of amidine groups is 1. The van der Waals surface area contributed by atoms with Crippen LogP contribution in [-0.4, -0.2) is 89.8 Å². The molecule has 4 amide bonds. The summed E-state index contributed by atoms with van der Waals surface area (Å²) < 4.78 is 18.9. The van der Waals surface area contributed by atoms with Gasteiger partial charge in [-0.3, -0.25) is 33.7 Å². The maximum absolute atomic E-state index is 13.6. The van der Waals surface area contributed by atoms with Crippen molar-refractivity contribution in [2.24, 2.45) is 10.4 Å². The lowest BCUT2D eigenvalue weighted by molar-refractivity contribution is -0.149. The normalized spacial score (nSPS) is 25.4. The summed E-state index contributed by atoms with van der Waals surface area (Å²) in [4.78, 5) is 83.2. The fourth-order valence-corrected chi connectivity index (χ4v) is 5.43. The molecule has 0 aromatic heterocycles. The number of halogens is 1. The number of ether oxygens (including phenoxy) is 1. The molecular formula is C27H32FN5O7. The van der Waals surface area contributed by atoms with Gasteiger partial charge in [0.2, 0.25) is 0 Å². The van der Waals surface area contributed by atoms with Crippen LogP contribution in [0, 0.1) is 18.2 Å². The number of hydrogen-bond acceptors (Lipinski definition) is 8. The standard InChI is InChI=1S/C27H32FN5O7/c1-15-11-17(5-6-18(15)28)12-29-21(36)19-20(35)23(38)33-13-26(14-40-16(2)34)7-9-27(10-8-26,25(33)30-19)31-22(37)24(39)32(3)4/h5-6,11,19H,7-10,12-14H2,1-4H3,(H,29,36)(H,31,37). The lowest BCUT2D eigenvalue weighted by atomic mass is 9.69. The fraction of sp³-hybridized carbons (Fsp3) is 0.519. The third kappa shape index (κ3) is 5.45. The van der Waals surface area contributed by atoms with Crippen LogP contribution in [0.15, 0.2) is 23.2 Å². The number of ketones is 1. The van der Waals surface area contributed by atoms with Crippen molar-refractivity contribution in [1.82, 2.24) is 20.4 Å². The second-order valence-electron chi connectivity index (χ2n) is 10.9. The molecule has 3 heterocycles. The average Bonchev–Trinajstić information content (AvgIpc) is 3.13. The smallest absolute Gasteiger partial charge is 0.311 e. The third-order valence-corrected chi connectivity index (χ3v) is 7.77. The van der Waals surface area contributed by atoms with Crippen LogP contribution in [0.25, 0.3) is 0 Å². The van der Waals surface area contributed by atoms with E-state index >= 15 is 0 Å². The summed E-state index contributed by atoms with van der Waals surface area (Å²) in [7, 11) is 2.85. The Hall–Kier alpha value is -4.16. The topological polar surface area (TPSA) is 155 Å². The molecule has 1 atom stereocenters. The van der Waals surface area contributed by atoms with Crippen LogP contribution in [0.5, 0.6) is 0 Å². The van der Waals surface area contributed by atoms with Crippen molar-refractivity contribution >= 4 is 41.2 Å². The summed E-state index contributed by atoms with van der Waals surface area (Å²) in [5.41, 5.74) is -1.04. The van der Waals surface area contributed by atoms with E-state index in [0.717, 1.165) is 9.80 Å². The van der Waals surface area contributed by atoms with Crippen molar-refractivity contribution < 1.29 is 37.9 Å². The summed E-state index contributed by atoms with van der Waals surface area (Å²) >= 11 is 0. The van der Waals surface area contributed by atoms with Crippen LogP contribution in [0.3, 0.4) is 0 Å². The molecule has 3 fully saturated rings. The number of benzene rings is 1. The molecule has 1 aromatic rings. The van der Waals surface area contributed by atoms with Crippen LogP contribution in [0.4, 0.5) is 4.39 Å². The molecule has 1 unspecified atom stereocenters. The van der Waals surface area contributed by atoms with Crippen molar-refractivity contribution in [3.05, 3.63) is 35.1 Å². The number of esters is 1. The van der Waals surface area contributed by atoms with Crippen molar-refractivity contribution in [2.75, 3.05) is 27.2 Å². The van der Waals surface area contributed by atoms with Gasteiger partial charge in [0.25, 0.3) is 17.6 Å². The summed E-state index contributed by atoms with van der Waals surface area (Å²) in [5, 5.41) is 5.33. The lowest BCUT2D eigenvalue weighted by Crippen LogP contribution is -2.65. The van der Waals surface area contributed by atoms with Crippen LogP contribution in [0.2, 0.25) is 0 Å². The molecule has 0 spiro atoms. The molecule has 12 nitrogen and oxygen atoms in total. The summed E-state index contributed by atoms with van der Waals surface area (Å²) in [6, 6.07) is 2.60. The Bertz CT molecular complexity index is 1320. The highest BCUT2D eigenvalue weighted by atomic mass is 19.1. The van der Waals surface area contributed by atoms with Crippen LogP contribution in [0.1, 0.15) is 43.7 Å². The Kier molecular flexibility index (Phi) is 7.77. The first-order valence-corrected chi connectivity index (χ1v) is 12.9. The lowest BCUT2D eigenvalue weighted by Gasteiger charge is -2.42. The zero-order valence-electron chi connectivity index (χ0n) is 22.8. The van der Waals surface area contributed by atoms with Gasteiger partial charge in [-0.2, -0.15) is 0 Å². The minimum absolute atomic E-state index is 0.00472. The van der Waals surface area contributed by atoms with Crippen molar-refractivity contribution in [2.45, 2.75) is 57.7 Å². The molecule has 1 aromatic carbocycles. The van der Waals surface area contributed by atoms with E-state index in [1.165, 1.54) is 33.2 Å². The first-order valence-electron chi connectivity index (χ1n) is 12.9. The van der Waals surface area contributed by atoms with Crippen LogP contribution >= 0.6 is 0 Å². The summed E-state index contributed by atoms with van der Waals surface area (Å²) in [6.45, 7) is 2.81. The van der Waals surface area contributed by atoms with Gasteiger partial charge >= 0.3 is 17.8 Å². The number of fused-ring (bicyclic) bond motifs is 2. The van der Waals surface area contributed by atoms with Gasteiger partial charge in [-0.05, 0) is 49.8 Å². The van der Waals surface area contributed by atoms with E-state index in [9.17, 15) is 33.2 Å². The van der Waals surface area contributed by atoms with Gasteiger partial charge < -0.3 is 20.3 Å². The highest BCUT2D eigenvalue weighted by molar-refractivity contribution is 6.46. The zero-order chi connectivity index (χ0) is 29.4. The number of nitrogens with one attached hydrogen (secondary N) is 2. The maximum Gasteiger partial charge on any atom is 0.311 e. The number of hydrogen-bond donors (Lipinski definition) is 2. The number of carbonyl (C=O) groups excluding carboxylic acids is 6. The molecule has 5 rings (SSSR count). The van der Waals surface area contributed by atoms with Gasteiger partial charge in [-0.1, -0.05) is 12.1 Å². The Labute approximate surface area is 230 Å². The molecule has 13 heteroatoms. The number of nitrogens with zero attached hydrogens (tertiary/aromatic N) is 3. The molecule has 40 heavy (non-hydrogen) atoms. The Balaban J connectivity index is 1.68. The third-order valence-electron chi connectivity index (χ3n) is 7.77. The van der Waals surface area contributed by atoms with Crippen LogP contribution in [-0.2, 0) is 40.0 Å². The number of Topliss-reactive ketones (excluding diaryl/α,β-unsaturated/α-hetero) is 1. The molecule has 0 radical (unpaired) electrons. The van der Waals surface area contributed by atoms with E-state index in [-0.39, 0.29) is 38.4 Å². The zero-order valence-corrected chi connectivity index (χ0v) is 22.8. The number of likely N-dealkylation sites (N-methyl/N-ethyl adjacent to an activating group) is 1. The van der Waals surface area contributed by atoms with Crippen molar-refractivity contribution in [3.63, 3.8) is 0 Å². The average molecular weight is 558 g/mol. The van der Waals surface area contributed by atoms with E-state index in [0.29, 0.717) is 24.0 Å². The second kappa shape index (κ2) is 10.8. The SMILES string of the molecule is CC(=O)OCC12CCC(NC(=O)C(=O)N(C)C)(CC1)C1=NC(C(=O)NCc3ccc(F)c(C)c3)C(=O)C(=O)N1C2. The monoisotopic (exact) mass is 557 g/mol. The Morgan fingerprint density at radius 1 is 1.15 bits per heavy atom. The fourth-order valence-electron chi connectivity index (χ4n) is 5.43. The molecule has 4 aliphatic rings. The van der Waals surface area contributed by atoms with E-state index in [1.54, 1.807) is 13.0 Å². The first-order chi connectivity index (χ1) is 18.8. The van der Waals surface area contributed by atoms with E-state index in [2.05, 4.69) is 15.6 Å². The largest absolute Gasteiger partial charge is 0.465 e. The maximum atomic E-state index is 13.6. The molecule has 1 saturated carbocycles. The van der Waals surface area contributed by atoms with E-state index < -0.39 is 58.2 Å². The van der Waals surface area contributed by atoms with Crippen LogP contribution < -0.4 is 10.6 Å². The van der Waals surface area contributed by atoms with E-state index in [1.807, 2.05) is 0 Å². The number of amides is 4. The quantitative estimate of drug-likeness (QED) is 0.284. The number of aryl methyl sites for hydroxylation is 1. The molecule has 3 aliphatic heterocycles. The molecule has 2 bridgehead atoms. The van der Waals surface area contributed by atoms with Crippen molar-refractivity contribution in [1.29, 1.82) is 0 Å². The predicted molar refractivity (Wildman–Crippen MR) is 138 cm³/mol. The Morgan fingerprint density at radius 3 is 2.42 bits per heavy atom. The highest BCUT2D eigenvalue weighted by Gasteiger charge is 2.58. The Morgan fingerprint density at radius 2 is 1.82 bits per heavy atom. The number of carbonyl (C=O) groups is 6. The van der Waals surface area contributed by atoms with Gasteiger partial charge in [-0.25, -0.2) is 9.38 Å². The minimum atomic E-state index is -1.71. The second-order valence-corrected chi connectivity index (χ2v) is 10.9. The van der Waals surface area contributed by atoms with E-state index in [4.69, 9.17) is 4.74 Å². The van der Waals surface area contributed by atoms with Gasteiger partial charge in [0.1, 0.15) is 11.7 Å². The summed E-state index contributed by atoms with van der Waals surface area (Å²) in [5.74, 6) is -5.46. The highest BCUT2D eigenvalue weighted by Crippen LogP contribution is 2.47. The molecule has 1 aliphatic carbocycles. The van der Waals surface area contributed by atoms with Gasteiger partial charge in [-0.15, -0.1) is 0 Å². The predicted octanol–water partition coefficient (Wildman–Crippen LogP) is 0.00902. The molecular weight excluding hydrogens is 525 g/mol. The molecule has 2 saturated heterocycles. The van der Waals surface area contributed by atoms with Gasteiger partial charge in [0.05, 0.1) is 12.1 Å².